The van der Waals surface area contributed by atoms with Crippen LogP contribution in [0.25, 0.3) is 0 Å². The number of pyridine rings is 1. The quantitative estimate of drug-likeness (QED) is 0.750. The molecule has 7 nitrogen and oxygen atoms in total. The summed E-state index contributed by atoms with van der Waals surface area (Å²) in [7, 11) is -1.38. The molecule has 3 rings (SSSR count). The van der Waals surface area contributed by atoms with Gasteiger partial charge >= 0.3 is 6.09 Å². The summed E-state index contributed by atoms with van der Waals surface area (Å²) in [5.74, 6) is 0.672. The van der Waals surface area contributed by atoms with Gasteiger partial charge in [0.15, 0.2) is 0 Å². The van der Waals surface area contributed by atoms with E-state index in [1.54, 1.807) is 11.8 Å². The molecule has 1 atom stereocenters. The van der Waals surface area contributed by atoms with Crippen LogP contribution < -0.4 is 4.74 Å². The maximum atomic E-state index is 12.7. The Morgan fingerprint density at radius 3 is 2.64 bits per heavy atom. The van der Waals surface area contributed by atoms with Gasteiger partial charge in [-0.15, -0.1) is 0 Å². The van der Waals surface area contributed by atoms with Gasteiger partial charge in [-0.05, 0) is 46.8 Å². The van der Waals surface area contributed by atoms with Crippen molar-refractivity contribution < 1.29 is 18.5 Å². The molecule has 2 aliphatic heterocycles. The first-order valence-electron chi connectivity index (χ1n) is 9.72. The molecule has 0 aromatic carbocycles. The first kappa shape index (κ1) is 20.8. The Morgan fingerprint density at radius 1 is 1.36 bits per heavy atom. The van der Waals surface area contributed by atoms with Crippen LogP contribution in [0.2, 0.25) is 0 Å². The summed E-state index contributed by atoms with van der Waals surface area (Å²) in [6.45, 7) is 10.9. The summed E-state index contributed by atoms with van der Waals surface area (Å²) in [6, 6.07) is 3.82. The van der Waals surface area contributed by atoms with E-state index in [0.717, 1.165) is 11.4 Å². The van der Waals surface area contributed by atoms with Crippen LogP contribution >= 0.6 is 0 Å². The number of ether oxygens (including phenoxy) is 2. The van der Waals surface area contributed by atoms with Crippen molar-refractivity contribution in [2.75, 3.05) is 19.7 Å². The maximum Gasteiger partial charge on any atom is 0.409 e. The Kier molecular flexibility index (Phi) is 5.79. The minimum absolute atomic E-state index is 0.284. The number of aromatic nitrogens is 1. The third kappa shape index (κ3) is 4.37. The van der Waals surface area contributed by atoms with Crippen molar-refractivity contribution >= 4 is 22.8 Å². The van der Waals surface area contributed by atoms with Crippen molar-refractivity contribution in [3.63, 3.8) is 0 Å². The highest BCUT2D eigenvalue weighted by Crippen LogP contribution is 2.39. The summed E-state index contributed by atoms with van der Waals surface area (Å²) in [6.07, 6.45) is 1.59. The lowest BCUT2D eigenvalue weighted by Crippen LogP contribution is -2.52. The normalized spacial score (nSPS) is 21.2. The van der Waals surface area contributed by atoms with Crippen LogP contribution in [0.15, 0.2) is 16.5 Å². The van der Waals surface area contributed by atoms with Crippen LogP contribution in [0, 0.1) is 6.92 Å². The molecule has 154 valence electrons. The van der Waals surface area contributed by atoms with Crippen molar-refractivity contribution in [3.05, 3.63) is 23.5 Å². The topological polar surface area (TPSA) is 81.1 Å². The Balaban J connectivity index is 1.89. The lowest BCUT2D eigenvalue weighted by atomic mass is 9.83. The molecule has 1 aromatic rings. The van der Waals surface area contributed by atoms with Crippen molar-refractivity contribution in [3.8, 4) is 5.75 Å². The first-order valence-corrected chi connectivity index (χ1v) is 10.8. The number of nitrogens with zero attached hydrogens (tertiary/aromatic N) is 3. The molecule has 28 heavy (non-hydrogen) atoms. The third-order valence-corrected chi connectivity index (χ3v) is 6.44. The van der Waals surface area contributed by atoms with Gasteiger partial charge in [-0.1, -0.05) is 0 Å². The molecule has 8 heteroatoms. The number of piperidine rings is 1. The molecule has 3 heterocycles. The van der Waals surface area contributed by atoms with E-state index in [-0.39, 0.29) is 6.09 Å². The molecule has 0 unspecified atom stereocenters. The van der Waals surface area contributed by atoms with Gasteiger partial charge in [-0.25, -0.2) is 14.0 Å². The maximum absolute atomic E-state index is 12.7. The zero-order valence-electron chi connectivity index (χ0n) is 17.3. The monoisotopic (exact) mass is 407 g/mol. The molecule has 2 aliphatic rings. The molecular formula is C20H29N3O4S. The molecule has 1 amide bonds. The predicted octanol–water partition coefficient (Wildman–Crippen LogP) is 3.41. The van der Waals surface area contributed by atoms with E-state index in [4.69, 9.17) is 9.47 Å². The molecule has 1 saturated heterocycles. The lowest BCUT2D eigenvalue weighted by molar-refractivity contribution is 0.00183. The molecule has 0 radical (unpaired) electrons. The fourth-order valence-electron chi connectivity index (χ4n) is 3.39. The van der Waals surface area contributed by atoms with E-state index in [9.17, 15) is 9.00 Å². The van der Waals surface area contributed by atoms with Crippen LogP contribution in [0.3, 0.4) is 0 Å². The fraction of sp³-hybridized carbons (Fsp3) is 0.650. The van der Waals surface area contributed by atoms with E-state index in [0.29, 0.717) is 50.4 Å². The SMILES string of the molecule is CCOC(=O)N1CCC2(CC1)CC(=N[S@@](=O)C(C)(C)C)c1nc(C)ccc1O2. The van der Waals surface area contributed by atoms with Crippen molar-refractivity contribution in [1.29, 1.82) is 0 Å². The summed E-state index contributed by atoms with van der Waals surface area (Å²) in [4.78, 5) is 18.3. The largest absolute Gasteiger partial charge is 0.484 e. The zero-order chi connectivity index (χ0) is 20.5. The number of aryl methyl sites for hydroxylation is 1. The number of carbonyl (C=O) groups is 1. The van der Waals surface area contributed by atoms with Crippen LogP contribution in [0.1, 0.15) is 58.3 Å². The summed E-state index contributed by atoms with van der Waals surface area (Å²) < 4.78 is 28.3. The molecule has 0 N–H and O–H groups in total. The van der Waals surface area contributed by atoms with Gasteiger partial charge in [0.05, 0.1) is 17.1 Å². The fourth-order valence-corrected chi connectivity index (χ4v) is 4.02. The van der Waals surface area contributed by atoms with Crippen LogP contribution in [-0.2, 0) is 15.7 Å². The number of likely N-dealkylation sites (tertiary alicyclic amines) is 1. The molecular weight excluding hydrogens is 378 g/mol. The van der Waals surface area contributed by atoms with Crippen molar-refractivity contribution in [2.45, 2.75) is 64.2 Å². The van der Waals surface area contributed by atoms with Gasteiger partial charge in [-0.3, -0.25) is 0 Å². The van der Waals surface area contributed by atoms with Crippen molar-refractivity contribution in [2.24, 2.45) is 4.40 Å². The highest BCUT2D eigenvalue weighted by Gasteiger charge is 2.44. The summed E-state index contributed by atoms with van der Waals surface area (Å²) >= 11 is 0. The Labute approximate surface area is 169 Å². The molecule has 1 fully saturated rings. The third-order valence-electron chi connectivity index (χ3n) is 5.00. The molecule has 1 spiro atoms. The van der Waals surface area contributed by atoms with E-state index in [2.05, 4.69) is 9.38 Å². The Bertz CT molecular complexity index is 808. The van der Waals surface area contributed by atoms with Crippen LogP contribution in [-0.4, -0.2) is 55.9 Å². The van der Waals surface area contributed by atoms with Gasteiger partial charge < -0.3 is 14.4 Å². The number of hydrogen-bond acceptors (Lipinski definition) is 5. The highest BCUT2D eigenvalue weighted by atomic mass is 32.2. The average molecular weight is 408 g/mol. The number of carbonyl (C=O) groups excluding carboxylic acids is 1. The minimum atomic E-state index is -1.38. The highest BCUT2D eigenvalue weighted by molar-refractivity contribution is 7.85. The van der Waals surface area contributed by atoms with Gasteiger partial charge in [-0.2, -0.15) is 4.40 Å². The van der Waals surface area contributed by atoms with Crippen molar-refractivity contribution in [1.82, 2.24) is 9.88 Å². The van der Waals surface area contributed by atoms with Crippen LogP contribution in [0.5, 0.6) is 5.75 Å². The molecule has 0 saturated carbocycles. The van der Waals surface area contributed by atoms with Gasteiger partial charge in [0.25, 0.3) is 0 Å². The van der Waals surface area contributed by atoms with E-state index in [1.165, 1.54) is 0 Å². The second-order valence-corrected chi connectivity index (χ2v) is 10.3. The second-order valence-electron chi connectivity index (χ2n) is 8.35. The van der Waals surface area contributed by atoms with E-state index >= 15 is 0 Å². The van der Waals surface area contributed by atoms with Crippen LogP contribution in [0.4, 0.5) is 4.79 Å². The summed E-state index contributed by atoms with van der Waals surface area (Å²) in [5.41, 5.74) is 1.80. The van der Waals surface area contributed by atoms with Gasteiger partial charge in [0, 0.05) is 38.0 Å². The molecule has 0 bridgehead atoms. The van der Waals surface area contributed by atoms with Gasteiger partial charge in [0.2, 0.25) is 0 Å². The number of fused-ring (bicyclic) bond motifs is 1. The van der Waals surface area contributed by atoms with E-state index < -0.39 is 21.3 Å². The van der Waals surface area contributed by atoms with Gasteiger partial charge in [0.1, 0.15) is 28.0 Å². The number of rotatable bonds is 2. The lowest BCUT2D eigenvalue weighted by Gasteiger charge is -2.44. The zero-order valence-corrected chi connectivity index (χ0v) is 18.1. The summed E-state index contributed by atoms with van der Waals surface area (Å²) in [5, 5.41) is 0. The Hall–Kier alpha value is -1.96. The Morgan fingerprint density at radius 2 is 2.04 bits per heavy atom. The predicted molar refractivity (Wildman–Crippen MR) is 109 cm³/mol. The number of amides is 1. The van der Waals surface area contributed by atoms with E-state index in [1.807, 2.05) is 39.8 Å². The first-order chi connectivity index (χ1) is 13.1. The molecule has 0 aliphatic carbocycles. The minimum Gasteiger partial charge on any atom is -0.484 e. The standard InChI is InChI=1S/C20H29N3O4S/c1-6-26-18(24)23-11-9-20(10-12-23)13-15(22-28(25)19(3,4)5)17-16(27-20)8-7-14(2)21-17/h7-8H,6,9-13H2,1-5H3/t28-/m0/s1. The molecule has 1 aromatic heterocycles. The smallest absolute Gasteiger partial charge is 0.409 e. The average Bonchev–Trinajstić information content (AvgIpc) is 2.62. The second kappa shape index (κ2) is 7.81. The number of hydrogen-bond donors (Lipinski definition) is 0.